The van der Waals surface area contributed by atoms with E-state index in [1.165, 1.54) is 11.3 Å². The Balaban J connectivity index is 1.68. The quantitative estimate of drug-likeness (QED) is 0.484. The van der Waals surface area contributed by atoms with E-state index in [2.05, 4.69) is 71.3 Å². The van der Waals surface area contributed by atoms with Gasteiger partial charge in [-0.05, 0) is 23.8 Å². The summed E-state index contributed by atoms with van der Waals surface area (Å²) in [5, 5.41) is 1.14. The van der Waals surface area contributed by atoms with Crippen LogP contribution in [0.3, 0.4) is 0 Å². The Hall–Kier alpha value is -3.40. The van der Waals surface area contributed by atoms with Gasteiger partial charge in [0.25, 0.3) is 0 Å². The Morgan fingerprint density at radius 3 is 2.81 bits per heavy atom. The van der Waals surface area contributed by atoms with Crippen LogP contribution in [0.1, 0.15) is 11.5 Å². The molecule has 0 amide bonds. The van der Waals surface area contributed by atoms with E-state index >= 15 is 0 Å². The van der Waals surface area contributed by atoms with Gasteiger partial charge in [-0.25, -0.2) is 4.57 Å². The second kappa shape index (κ2) is 5.56. The Bertz CT molecular complexity index is 1220. The highest BCUT2D eigenvalue weighted by Crippen LogP contribution is 2.33. The van der Waals surface area contributed by atoms with Gasteiger partial charge in [0.05, 0.1) is 7.05 Å². The van der Waals surface area contributed by atoms with Crippen molar-refractivity contribution in [2.24, 2.45) is 7.05 Å². The number of pyridine rings is 1. The topological polar surface area (TPSA) is 33.2 Å². The van der Waals surface area contributed by atoms with Gasteiger partial charge in [-0.3, -0.25) is 0 Å². The van der Waals surface area contributed by atoms with E-state index in [1.807, 2.05) is 25.3 Å². The van der Waals surface area contributed by atoms with Crippen LogP contribution >= 0.6 is 0 Å². The molecule has 1 aliphatic rings. The van der Waals surface area contributed by atoms with Crippen LogP contribution in [0.2, 0.25) is 0 Å². The van der Waals surface area contributed by atoms with E-state index in [1.54, 1.807) is 0 Å². The Morgan fingerprint density at radius 2 is 1.88 bits per heavy atom. The van der Waals surface area contributed by atoms with Gasteiger partial charge in [-0.15, -0.1) is 0 Å². The van der Waals surface area contributed by atoms with Crippen molar-refractivity contribution in [3.8, 4) is 0 Å². The molecular weight excluding hydrogens is 322 g/mol. The maximum Gasteiger partial charge on any atom is 0.370 e. The van der Waals surface area contributed by atoms with Crippen LogP contribution in [0.5, 0.6) is 0 Å². The molecule has 3 heterocycles. The minimum Gasteiger partial charge on any atom is -0.411 e. The van der Waals surface area contributed by atoms with Gasteiger partial charge in [0.1, 0.15) is 5.52 Å². The molecule has 5 rings (SSSR count). The third-order valence-electron chi connectivity index (χ3n) is 4.91. The minimum absolute atomic E-state index is 0.616. The van der Waals surface area contributed by atoms with Crippen LogP contribution in [0.25, 0.3) is 33.8 Å². The molecule has 0 saturated heterocycles. The highest BCUT2D eigenvalue weighted by atomic mass is 16.3. The summed E-state index contributed by atoms with van der Waals surface area (Å²) in [5.41, 5.74) is 6.22. The molecule has 0 N–H and O–H groups in total. The van der Waals surface area contributed by atoms with Crippen LogP contribution in [-0.2, 0) is 7.05 Å². The van der Waals surface area contributed by atoms with Gasteiger partial charge in [0.15, 0.2) is 0 Å². The number of hydrogen-bond donors (Lipinski definition) is 0. The molecule has 0 spiro atoms. The molecule has 0 bridgehead atoms. The molecule has 4 heteroatoms. The highest BCUT2D eigenvalue weighted by Gasteiger charge is 2.20. The lowest BCUT2D eigenvalue weighted by Crippen LogP contribution is -2.30. The zero-order chi connectivity index (χ0) is 17.7. The van der Waals surface area contributed by atoms with Crippen molar-refractivity contribution < 1.29 is 8.98 Å². The van der Waals surface area contributed by atoms with Crippen LogP contribution < -0.4 is 9.47 Å². The fourth-order valence-corrected chi connectivity index (χ4v) is 3.55. The first-order valence-corrected chi connectivity index (χ1v) is 8.61. The third-order valence-corrected chi connectivity index (χ3v) is 4.91. The zero-order valence-corrected chi connectivity index (χ0v) is 14.7. The van der Waals surface area contributed by atoms with Gasteiger partial charge in [0, 0.05) is 47.0 Å². The van der Waals surface area contributed by atoms with E-state index in [4.69, 9.17) is 9.40 Å². The van der Waals surface area contributed by atoms with Crippen molar-refractivity contribution in [2.45, 2.75) is 0 Å². The molecule has 126 valence electrons. The van der Waals surface area contributed by atoms with E-state index in [0.29, 0.717) is 5.89 Å². The number of nitrogens with zero attached hydrogens (tertiary/aromatic N) is 3. The second-order valence-electron chi connectivity index (χ2n) is 6.55. The molecule has 0 fully saturated rings. The first-order valence-electron chi connectivity index (χ1n) is 8.61. The molecule has 0 saturated carbocycles. The van der Waals surface area contributed by atoms with Crippen LogP contribution in [-0.4, -0.2) is 12.0 Å². The zero-order valence-electron chi connectivity index (χ0n) is 14.7. The molecule has 0 atom stereocenters. The number of rotatable bonds is 1. The van der Waals surface area contributed by atoms with E-state index in [9.17, 15) is 0 Å². The SMILES string of the molecule is CN1C=C/C(=C\c2nc3c(cc4ccccc4[n+]3C)o2)c2ccccc21. The molecule has 2 aromatic heterocycles. The van der Waals surface area contributed by atoms with E-state index < -0.39 is 0 Å². The van der Waals surface area contributed by atoms with Crippen molar-refractivity contribution in [3.63, 3.8) is 0 Å². The predicted octanol–water partition coefficient (Wildman–Crippen LogP) is 4.31. The normalized spacial score (nSPS) is 15.2. The van der Waals surface area contributed by atoms with Gasteiger partial charge >= 0.3 is 11.5 Å². The summed E-state index contributed by atoms with van der Waals surface area (Å²) in [4.78, 5) is 6.84. The first kappa shape index (κ1) is 14.9. The number of hydrogen-bond acceptors (Lipinski definition) is 3. The summed E-state index contributed by atoms with van der Waals surface area (Å²) in [5.74, 6) is 0.616. The number of anilines is 1. The summed E-state index contributed by atoms with van der Waals surface area (Å²) < 4.78 is 8.12. The van der Waals surface area contributed by atoms with Gasteiger partial charge < -0.3 is 9.32 Å². The smallest absolute Gasteiger partial charge is 0.370 e. The molecule has 0 aliphatic carbocycles. The van der Waals surface area contributed by atoms with Crippen LogP contribution in [0, 0.1) is 0 Å². The van der Waals surface area contributed by atoms with Crippen LogP contribution in [0.4, 0.5) is 5.69 Å². The first-order chi connectivity index (χ1) is 12.7. The van der Waals surface area contributed by atoms with Crippen molar-refractivity contribution in [3.05, 3.63) is 78.3 Å². The molecule has 0 radical (unpaired) electrons. The lowest BCUT2D eigenvalue weighted by Gasteiger charge is -2.23. The Kier molecular flexibility index (Phi) is 3.19. The van der Waals surface area contributed by atoms with Gasteiger partial charge in [0.2, 0.25) is 5.58 Å². The summed E-state index contributed by atoms with van der Waals surface area (Å²) in [6.45, 7) is 0. The molecule has 4 aromatic rings. The summed E-state index contributed by atoms with van der Waals surface area (Å²) in [6, 6.07) is 18.7. The number of oxazole rings is 1. The molecule has 26 heavy (non-hydrogen) atoms. The highest BCUT2D eigenvalue weighted by molar-refractivity contribution is 5.94. The maximum absolute atomic E-state index is 6.05. The van der Waals surface area contributed by atoms with E-state index in [0.717, 1.165) is 27.7 Å². The maximum atomic E-state index is 6.05. The molecular formula is C22H18N3O+. The molecule has 4 nitrogen and oxygen atoms in total. The summed E-state index contributed by atoms with van der Waals surface area (Å²) >= 11 is 0. The lowest BCUT2D eigenvalue weighted by molar-refractivity contribution is -0.619. The number of aromatic nitrogens is 2. The number of fused-ring (bicyclic) bond motifs is 3. The Morgan fingerprint density at radius 1 is 1.08 bits per heavy atom. The van der Waals surface area contributed by atoms with Crippen LogP contribution in [0.15, 0.2) is 71.3 Å². The van der Waals surface area contributed by atoms with Crippen molar-refractivity contribution >= 4 is 39.5 Å². The average molecular weight is 340 g/mol. The Labute approximate surface area is 151 Å². The summed E-state index contributed by atoms with van der Waals surface area (Å²) in [6.07, 6.45) is 6.16. The molecule has 2 aromatic carbocycles. The monoisotopic (exact) mass is 340 g/mol. The molecule has 1 aliphatic heterocycles. The van der Waals surface area contributed by atoms with Gasteiger partial charge in [-0.1, -0.05) is 36.4 Å². The lowest BCUT2D eigenvalue weighted by atomic mass is 10.00. The number of aryl methyl sites for hydroxylation is 1. The van der Waals surface area contributed by atoms with Crippen molar-refractivity contribution in [2.75, 3.05) is 11.9 Å². The second-order valence-corrected chi connectivity index (χ2v) is 6.55. The third kappa shape index (κ3) is 2.23. The average Bonchev–Trinajstić information content (AvgIpc) is 3.07. The van der Waals surface area contributed by atoms with E-state index in [-0.39, 0.29) is 0 Å². The fourth-order valence-electron chi connectivity index (χ4n) is 3.55. The van der Waals surface area contributed by atoms with Crippen molar-refractivity contribution in [1.82, 2.24) is 4.98 Å². The molecule has 0 unspecified atom stereocenters. The van der Waals surface area contributed by atoms with Gasteiger partial charge in [-0.2, -0.15) is 0 Å². The number of allylic oxidation sites excluding steroid dienone is 2. The summed E-state index contributed by atoms with van der Waals surface area (Å²) in [7, 11) is 4.08. The number of benzene rings is 2. The minimum atomic E-state index is 0.616. The standard InChI is InChI=1S/C22H18N3O/c1-24-12-11-15(17-8-4-6-10-19(17)24)14-21-23-22-20(26-21)13-16-7-3-5-9-18(16)25(22)2/h3-14H,1-2H3/q+1. The number of para-hydroxylation sites is 2. The van der Waals surface area contributed by atoms with Crippen molar-refractivity contribution in [1.29, 1.82) is 0 Å². The largest absolute Gasteiger partial charge is 0.411 e. The predicted molar refractivity (Wildman–Crippen MR) is 105 cm³/mol. The fraction of sp³-hybridized carbons (Fsp3) is 0.0909.